The molecular weight excluding hydrogens is 315 g/mol. The Balaban J connectivity index is 1.69. The number of nitrogen functional groups attached to an aromatic ring is 1. The van der Waals surface area contributed by atoms with Crippen molar-refractivity contribution in [2.45, 2.75) is 18.9 Å². The summed E-state index contributed by atoms with van der Waals surface area (Å²) in [5, 5.41) is 1.82. The lowest BCUT2D eigenvalue weighted by Crippen LogP contribution is -2.31. The van der Waals surface area contributed by atoms with Gasteiger partial charge in [0.05, 0.1) is 22.8 Å². The summed E-state index contributed by atoms with van der Waals surface area (Å²) in [6, 6.07) is 6.07. The van der Waals surface area contributed by atoms with E-state index in [4.69, 9.17) is 5.73 Å². The van der Waals surface area contributed by atoms with Gasteiger partial charge in [0.1, 0.15) is 16.5 Å². The summed E-state index contributed by atoms with van der Waals surface area (Å²) < 4.78 is 13.3. The van der Waals surface area contributed by atoms with E-state index in [0.717, 1.165) is 12.8 Å². The largest absolute Gasteiger partial charge is 0.397 e. The number of rotatable bonds is 2. The van der Waals surface area contributed by atoms with Crippen LogP contribution in [0, 0.1) is 5.82 Å². The number of hydrogen-bond acceptors (Lipinski definition) is 4. The first-order chi connectivity index (χ1) is 11.1. The first-order valence-corrected chi connectivity index (χ1v) is 8.30. The Kier molecular flexibility index (Phi) is 3.30. The minimum Gasteiger partial charge on any atom is -0.397 e. The van der Waals surface area contributed by atoms with Gasteiger partial charge in [0.2, 0.25) is 0 Å². The number of likely N-dealkylation sites (tertiary alicyclic amines) is 1. The van der Waals surface area contributed by atoms with Gasteiger partial charge in [-0.25, -0.2) is 9.37 Å². The van der Waals surface area contributed by atoms with Crippen LogP contribution in [0.25, 0.3) is 11.0 Å². The number of carbonyl (C=O) groups excluding carboxylic acids is 1. The zero-order valence-corrected chi connectivity index (χ0v) is 13.1. The molecular formula is C16H15FN4OS. The van der Waals surface area contributed by atoms with Crippen molar-refractivity contribution >= 4 is 34.0 Å². The number of aromatic nitrogens is 2. The molecule has 1 aliphatic rings. The maximum atomic E-state index is 13.3. The molecule has 1 saturated heterocycles. The van der Waals surface area contributed by atoms with Crippen LogP contribution in [-0.2, 0) is 0 Å². The molecule has 0 bridgehead atoms. The van der Waals surface area contributed by atoms with Gasteiger partial charge in [0, 0.05) is 6.54 Å². The molecule has 5 nitrogen and oxygen atoms in total. The highest BCUT2D eigenvalue weighted by Crippen LogP contribution is 2.34. The standard InChI is InChI=1S/C16H15FN4OS/c17-9-3-4-11-12(8-9)20-15(19-11)13-2-1-6-21(13)16(22)14-10(18)5-7-23-14/h3-5,7-8,13H,1-2,6,18H2,(H,19,20)/t13-/m0/s1. The first-order valence-electron chi connectivity index (χ1n) is 7.42. The molecule has 118 valence electrons. The number of carbonyl (C=O) groups is 1. The van der Waals surface area contributed by atoms with Crippen molar-refractivity contribution < 1.29 is 9.18 Å². The van der Waals surface area contributed by atoms with Crippen LogP contribution in [0.5, 0.6) is 0 Å². The number of benzene rings is 1. The number of amides is 1. The summed E-state index contributed by atoms with van der Waals surface area (Å²) in [6.45, 7) is 0.673. The second-order valence-corrected chi connectivity index (χ2v) is 6.56. The number of nitrogens with two attached hydrogens (primary N) is 1. The highest BCUT2D eigenvalue weighted by molar-refractivity contribution is 7.12. The van der Waals surface area contributed by atoms with Gasteiger partial charge in [0.25, 0.3) is 5.91 Å². The van der Waals surface area contributed by atoms with Gasteiger partial charge < -0.3 is 15.6 Å². The van der Waals surface area contributed by atoms with Gasteiger partial charge in [-0.05, 0) is 42.5 Å². The summed E-state index contributed by atoms with van der Waals surface area (Å²) in [5.74, 6) is 0.330. The molecule has 3 aromatic rings. The quantitative estimate of drug-likeness (QED) is 0.757. The van der Waals surface area contributed by atoms with Crippen LogP contribution in [-0.4, -0.2) is 27.3 Å². The van der Waals surface area contributed by atoms with Crippen molar-refractivity contribution in [1.29, 1.82) is 0 Å². The van der Waals surface area contributed by atoms with Crippen molar-refractivity contribution in [2.75, 3.05) is 12.3 Å². The topological polar surface area (TPSA) is 75.0 Å². The van der Waals surface area contributed by atoms with Crippen molar-refractivity contribution in [3.63, 3.8) is 0 Å². The molecule has 0 radical (unpaired) electrons. The Morgan fingerprint density at radius 3 is 3.09 bits per heavy atom. The third kappa shape index (κ3) is 2.37. The summed E-state index contributed by atoms with van der Waals surface area (Å²) in [7, 11) is 0. The van der Waals surface area contributed by atoms with Crippen LogP contribution in [0.3, 0.4) is 0 Å². The first kappa shape index (κ1) is 14.2. The molecule has 0 spiro atoms. The third-order valence-corrected chi connectivity index (χ3v) is 5.10. The number of nitrogens with zero attached hydrogens (tertiary/aromatic N) is 2. The fraction of sp³-hybridized carbons (Fsp3) is 0.250. The number of hydrogen-bond donors (Lipinski definition) is 2. The van der Waals surface area contributed by atoms with E-state index < -0.39 is 0 Å². The highest BCUT2D eigenvalue weighted by atomic mass is 32.1. The molecule has 0 saturated carbocycles. The number of anilines is 1. The second-order valence-electron chi connectivity index (χ2n) is 5.65. The van der Waals surface area contributed by atoms with Gasteiger partial charge in [0.15, 0.2) is 0 Å². The lowest BCUT2D eigenvalue weighted by Gasteiger charge is -2.22. The normalized spacial score (nSPS) is 18.0. The van der Waals surface area contributed by atoms with Crippen molar-refractivity contribution in [2.24, 2.45) is 0 Å². The van der Waals surface area contributed by atoms with Gasteiger partial charge in [-0.15, -0.1) is 11.3 Å². The van der Waals surface area contributed by atoms with Crippen molar-refractivity contribution in [1.82, 2.24) is 14.9 Å². The van der Waals surface area contributed by atoms with Gasteiger partial charge in [-0.2, -0.15) is 0 Å². The van der Waals surface area contributed by atoms with Crippen LogP contribution < -0.4 is 5.73 Å². The number of H-pyrrole nitrogens is 1. The van der Waals surface area contributed by atoms with Gasteiger partial charge in [-0.3, -0.25) is 4.79 Å². The summed E-state index contributed by atoms with van der Waals surface area (Å²) >= 11 is 1.35. The molecule has 0 aliphatic carbocycles. The minimum absolute atomic E-state index is 0.0633. The van der Waals surface area contributed by atoms with E-state index in [1.807, 2.05) is 5.38 Å². The Morgan fingerprint density at radius 1 is 1.43 bits per heavy atom. The average molecular weight is 330 g/mol. The summed E-state index contributed by atoms with van der Waals surface area (Å²) in [6.07, 6.45) is 1.74. The fourth-order valence-corrected chi connectivity index (χ4v) is 3.85. The molecule has 1 aromatic carbocycles. The zero-order valence-electron chi connectivity index (χ0n) is 12.3. The predicted octanol–water partition coefficient (Wildman–Crippen LogP) is 3.32. The third-order valence-electron chi connectivity index (χ3n) is 4.18. The van der Waals surface area contributed by atoms with Crippen molar-refractivity contribution in [3.8, 4) is 0 Å². The number of nitrogens with one attached hydrogen (secondary N) is 1. The highest BCUT2D eigenvalue weighted by Gasteiger charge is 2.33. The maximum absolute atomic E-state index is 13.3. The number of thiophene rings is 1. The molecule has 3 heterocycles. The summed E-state index contributed by atoms with van der Waals surface area (Å²) in [5.41, 5.74) is 7.73. The monoisotopic (exact) mass is 330 g/mol. The molecule has 4 rings (SSSR count). The van der Waals surface area contributed by atoms with Gasteiger partial charge in [-0.1, -0.05) is 0 Å². The van der Waals surface area contributed by atoms with Crippen LogP contribution in [0.4, 0.5) is 10.1 Å². The van der Waals surface area contributed by atoms with E-state index in [-0.39, 0.29) is 17.8 Å². The van der Waals surface area contributed by atoms with E-state index in [0.29, 0.717) is 34.0 Å². The minimum atomic E-state index is -0.307. The number of imidazole rings is 1. The van der Waals surface area contributed by atoms with E-state index in [2.05, 4.69) is 9.97 Å². The smallest absolute Gasteiger partial charge is 0.266 e. The number of halogens is 1. The van der Waals surface area contributed by atoms with Crippen molar-refractivity contribution in [3.05, 3.63) is 46.2 Å². The van der Waals surface area contributed by atoms with E-state index >= 15 is 0 Å². The number of aromatic amines is 1. The summed E-state index contributed by atoms with van der Waals surface area (Å²) in [4.78, 5) is 22.8. The second kappa shape index (κ2) is 5.34. The van der Waals surface area contributed by atoms with Crippen LogP contribution in [0.1, 0.15) is 34.4 Å². The zero-order chi connectivity index (χ0) is 16.0. The van der Waals surface area contributed by atoms with Gasteiger partial charge >= 0.3 is 0 Å². The molecule has 2 aromatic heterocycles. The Bertz CT molecular complexity index is 887. The van der Waals surface area contributed by atoms with E-state index in [9.17, 15) is 9.18 Å². The average Bonchev–Trinajstić information content (AvgIpc) is 3.23. The lowest BCUT2D eigenvalue weighted by atomic mass is 10.2. The lowest BCUT2D eigenvalue weighted by molar-refractivity contribution is 0.0736. The molecule has 3 N–H and O–H groups in total. The molecule has 1 aliphatic heterocycles. The van der Waals surface area contributed by atoms with Crippen LogP contribution in [0.2, 0.25) is 0 Å². The molecule has 0 unspecified atom stereocenters. The maximum Gasteiger partial charge on any atom is 0.266 e. The molecule has 1 fully saturated rings. The van der Waals surface area contributed by atoms with Crippen LogP contribution >= 0.6 is 11.3 Å². The van der Waals surface area contributed by atoms with E-state index in [1.54, 1.807) is 17.0 Å². The Morgan fingerprint density at radius 2 is 2.30 bits per heavy atom. The Labute approximate surface area is 135 Å². The fourth-order valence-electron chi connectivity index (χ4n) is 3.08. The predicted molar refractivity (Wildman–Crippen MR) is 87.8 cm³/mol. The number of fused-ring (bicyclic) bond motifs is 1. The van der Waals surface area contributed by atoms with Crippen LogP contribution in [0.15, 0.2) is 29.6 Å². The van der Waals surface area contributed by atoms with E-state index in [1.165, 1.54) is 23.5 Å². The molecule has 1 amide bonds. The molecule has 7 heteroatoms. The molecule has 1 atom stereocenters. The molecule has 23 heavy (non-hydrogen) atoms. The Hall–Kier alpha value is -2.41. The SMILES string of the molecule is Nc1ccsc1C(=O)N1CCC[C@H]1c1nc2ccc(F)cc2[nH]1.